The molecule has 1 aromatic heterocycles. The van der Waals surface area contributed by atoms with E-state index in [1.54, 1.807) is 18.2 Å². The van der Waals surface area contributed by atoms with Gasteiger partial charge in [-0.15, -0.1) is 0 Å². The minimum Gasteiger partial charge on any atom is -0.422 e. The quantitative estimate of drug-likeness (QED) is 0.879. The Morgan fingerprint density at radius 1 is 1.32 bits per heavy atom. The van der Waals surface area contributed by atoms with Crippen LogP contribution in [0.1, 0.15) is 23.2 Å². The van der Waals surface area contributed by atoms with Crippen LogP contribution in [-0.2, 0) is 0 Å². The molecule has 1 aromatic carbocycles. The van der Waals surface area contributed by atoms with Crippen LogP contribution in [0.15, 0.2) is 39.5 Å². The number of fused-ring (bicyclic) bond motifs is 1. The van der Waals surface area contributed by atoms with E-state index in [2.05, 4.69) is 17.3 Å². The van der Waals surface area contributed by atoms with E-state index >= 15 is 0 Å². The number of piperidine rings is 1. The molecule has 1 saturated heterocycles. The van der Waals surface area contributed by atoms with Crippen molar-refractivity contribution in [3.8, 4) is 0 Å². The fourth-order valence-corrected chi connectivity index (χ4v) is 2.82. The predicted molar refractivity (Wildman–Crippen MR) is 85.0 cm³/mol. The SMILES string of the molecule is CN1CCC(CNC(=O)c2cc3ccccc3oc2=O)CC1. The zero-order chi connectivity index (χ0) is 15.5. The molecule has 0 radical (unpaired) electrons. The standard InChI is InChI=1S/C17H20N2O3/c1-19-8-6-12(7-9-19)11-18-16(20)14-10-13-4-2-3-5-15(13)22-17(14)21/h2-5,10,12H,6-9,11H2,1H3,(H,18,20). The maximum absolute atomic E-state index is 12.2. The van der Waals surface area contributed by atoms with Crippen LogP contribution < -0.4 is 10.9 Å². The van der Waals surface area contributed by atoms with Gasteiger partial charge in [0.15, 0.2) is 0 Å². The summed E-state index contributed by atoms with van der Waals surface area (Å²) >= 11 is 0. The molecule has 116 valence electrons. The van der Waals surface area contributed by atoms with E-state index in [1.165, 1.54) is 0 Å². The molecule has 0 saturated carbocycles. The Hall–Kier alpha value is -2.14. The van der Waals surface area contributed by atoms with Crippen LogP contribution in [0.25, 0.3) is 11.0 Å². The summed E-state index contributed by atoms with van der Waals surface area (Å²) in [4.78, 5) is 26.5. The zero-order valence-electron chi connectivity index (χ0n) is 12.7. The Bertz CT molecular complexity index is 730. The number of carbonyl (C=O) groups excluding carboxylic acids is 1. The fourth-order valence-electron chi connectivity index (χ4n) is 2.82. The minimum atomic E-state index is -0.584. The predicted octanol–water partition coefficient (Wildman–Crippen LogP) is 1.86. The van der Waals surface area contributed by atoms with Crippen molar-refractivity contribution in [3.05, 3.63) is 46.3 Å². The lowest BCUT2D eigenvalue weighted by Crippen LogP contribution is -2.37. The highest BCUT2D eigenvalue weighted by molar-refractivity contribution is 5.96. The van der Waals surface area contributed by atoms with Gasteiger partial charge in [0.25, 0.3) is 5.91 Å². The Kier molecular flexibility index (Phi) is 4.24. The van der Waals surface area contributed by atoms with Gasteiger partial charge in [0.1, 0.15) is 11.1 Å². The van der Waals surface area contributed by atoms with Crippen molar-refractivity contribution >= 4 is 16.9 Å². The van der Waals surface area contributed by atoms with Crippen molar-refractivity contribution in [2.75, 3.05) is 26.7 Å². The van der Waals surface area contributed by atoms with Crippen molar-refractivity contribution in [2.24, 2.45) is 5.92 Å². The summed E-state index contributed by atoms with van der Waals surface area (Å²) in [5, 5.41) is 3.63. The molecule has 5 nitrogen and oxygen atoms in total. The smallest absolute Gasteiger partial charge is 0.349 e. The van der Waals surface area contributed by atoms with Gasteiger partial charge in [-0.2, -0.15) is 0 Å². The molecule has 1 aliphatic heterocycles. The lowest BCUT2D eigenvalue weighted by molar-refractivity contribution is 0.0935. The second-order valence-corrected chi connectivity index (χ2v) is 5.94. The van der Waals surface area contributed by atoms with Crippen LogP contribution >= 0.6 is 0 Å². The number of benzene rings is 1. The van der Waals surface area contributed by atoms with E-state index in [0.717, 1.165) is 31.3 Å². The number of hydrogen-bond acceptors (Lipinski definition) is 4. The first kappa shape index (κ1) is 14.8. The van der Waals surface area contributed by atoms with Gasteiger partial charge in [-0.3, -0.25) is 4.79 Å². The van der Waals surface area contributed by atoms with Gasteiger partial charge < -0.3 is 14.6 Å². The number of hydrogen-bond donors (Lipinski definition) is 1. The number of carbonyl (C=O) groups is 1. The number of nitrogens with zero attached hydrogens (tertiary/aromatic N) is 1. The third-order valence-corrected chi connectivity index (χ3v) is 4.28. The number of rotatable bonds is 3. The van der Waals surface area contributed by atoms with Crippen LogP contribution in [0, 0.1) is 5.92 Å². The van der Waals surface area contributed by atoms with Crippen molar-refractivity contribution in [1.29, 1.82) is 0 Å². The molecule has 1 fully saturated rings. The lowest BCUT2D eigenvalue weighted by atomic mass is 9.97. The monoisotopic (exact) mass is 300 g/mol. The first-order chi connectivity index (χ1) is 10.6. The summed E-state index contributed by atoms with van der Waals surface area (Å²) in [5.74, 6) is 0.131. The molecule has 0 aliphatic carbocycles. The van der Waals surface area contributed by atoms with Gasteiger partial charge in [0.05, 0.1) is 0 Å². The molecule has 0 atom stereocenters. The Morgan fingerprint density at radius 3 is 2.82 bits per heavy atom. The molecular formula is C17H20N2O3. The average Bonchev–Trinajstić information content (AvgIpc) is 2.53. The van der Waals surface area contributed by atoms with Gasteiger partial charge in [-0.1, -0.05) is 18.2 Å². The highest BCUT2D eigenvalue weighted by Crippen LogP contribution is 2.15. The van der Waals surface area contributed by atoms with Crippen molar-refractivity contribution < 1.29 is 9.21 Å². The van der Waals surface area contributed by atoms with Crippen LogP contribution in [0.2, 0.25) is 0 Å². The van der Waals surface area contributed by atoms with E-state index < -0.39 is 5.63 Å². The van der Waals surface area contributed by atoms with Gasteiger partial charge in [-0.25, -0.2) is 4.79 Å². The fraction of sp³-hybridized carbons (Fsp3) is 0.412. The maximum Gasteiger partial charge on any atom is 0.349 e. The number of nitrogens with one attached hydrogen (secondary N) is 1. The van der Waals surface area contributed by atoms with Crippen molar-refractivity contribution in [2.45, 2.75) is 12.8 Å². The number of likely N-dealkylation sites (tertiary alicyclic amines) is 1. The molecule has 1 amide bonds. The Balaban J connectivity index is 1.69. The molecule has 0 spiro atoms. The topological polar surface area (TPSA) is 62.6 Å². The van der Waals surface area contributed by atoms with Gasteiger partial charge in [-0.05, 0) is 51.0 Å². The molecule has 1 N–H and O–H groups in total. The molecule has 3 rings (SSSR count). The molecular weight excluding hydrogens is 280 g/mol. The van der Waals surface area contributed by atoms with E-state index in [0.29, 0.717) is 18.0 Å². The van der Waals surface area contributed by atoms with E-state index in [4.69, 9.17) is 4.42 Å². The Labute approximate surface area is 128 Å². The third kappa shape index (κ3) is 3.20. The molecule has 5 heteroatoms. The van der Waals surface area contributed by atoms with Crippen molar-refractivity contribution in [3.63, 3.8) is 0 Å². The number of para-hydroxylation sites is 1. The lowest BCUT2D eigenvalue weighted by Gasteiger charge is -2.28. The van der Waals surface area contributed by atoms with E-state index in [-0.39, 0.29) is 11.5 Å². The molecule has 0 unspecified atom stereocenters. The summed E-state index contributed by atoms with van der Waals surface area (Å²) in [7, 11) is 2.11. The zero-order valence-corrected chi connectivity index (χ0v) is 12.7. The normalized spacial score (nSPS) is 16.8. The summed E-state index contributed by atoms with van der Waals surface area (Å²) < 4.78 is 5.20. The van der Waals surface area contributed by atoms with Gasteiger partial charge in [0.2, 0.25) is 0 Å². The molecule has 22 heavy (non-hydrogen) atoms. The van der Waals surface area contributed by atoms with Crippen LogP contribution in [0.5, 0.6) is 0 Å². The van der Waals surface area contributed by atoms with Crippen LogP contribution in [0.3, 0.4) is 0 Å². The summed E-state index contributed by atoms with van der Waals surface area (Å²) in [6, 6.07) is 8.79. The largest absolute Gasteiger partial charge is 0.422 e. The second kappa shape index (κ2) is 6.32. The van der Waals surface area contributed by atoms with Crippen molar-refractivity contribution in [1.82, 2.24) is 10.2 Å². The van der Waals surface area contributed by atoms with Crippen LogP contribution in [0.4, 0.5) is 0 Å². The maximum atomic E-state index is 12.2. The van der Waals surface area contributed by atoms with E-state index in [1.807, 2.05) is 12.1 Å². The van der Waals surface area contributed by atoms with Gasteiger partial charge in [0, 0.05) is 11.9 Å². The summed E-state index contributed by atoms with van der Waals surface area (Å²) in [6.07, 6.45) is 2.15. The molecule has 2 aromatic rings. The average molecular weight is 300 g/mol. The highest BCUT2D eigenvalue weighted by Gasteiger charge is 2.19. The van der Waals surface area contributed by atoms with E-state index in [9.17, 15) is 9.59 Å². The first-order valence-electron chi connectivity index (χ1n) is 7.63. The minimum absolute atomic E-state index is 0.0756. The highest BCUT2D eigenvalue weighted by atomic mass is 16.4. The molecule has 0 bridgehead atoms. The third-order valence-electron chi connectivity index (χ3n) is 4.28. The summed E-state index contributed by atoms with van der Waals surface area (Å²) in [6.45, 7) is 2.72. The Morgan fingerprint density at radius 2 is 2.05 bits per heavy atom. The number of amides is 1. The summed E-state index contributed by atoms with van der Waals surface area (Å²) in [5.41, 5.74) is -0.00873. The van der Waals surface area contributed by atoms with Crippen LogP contribution in [-0.4, -0.2) is 37.5 Å². The first-order valence-corrected chi connectivity index (χ1v) is 7.63. The van der Waals surface area contributed by atoms with Gasteiger partial charge >= 0.3 is 5.63 Å². The molecule has 2 heterocycles. The molecule has 1 aliphatic rings. The second-order valence-electron chi connectivity index (χ2n) is 5.94.